The lowest BCUT2D eigenvalue weighted by Gasteiger charge is -2.32. The van der Waals surface area contributed by atoms with Crippen LogP contribution in [0.4, 0.5) is 0 Å². The Balaban J connectivity index is 2.25. The van der Waals surface area contributed by atoms with Crippen LogP contribution in [0.5, 0.6) is 17.2 Å². The number of benzene rings is 2. The third kappa shape index (κ3) is 3.53. The largest absolute Gasteiger partial charge is 0.493 e. The second-order valence-electron chi connectivity index (χ2n) is 7.08. The van der Waals surface area contributed by atoms with Gasteiger partial charge in [0.1, 0.15) is 0 Å². The van der Waals surface area contributed by atoms with Crippen LogP contribution < -0.4 is 25.3 Å². The van der Waals surface area contributed by atoms with Crippen molar-refractivity contribution in [3.05, 3.63) is 51.6 Å². The fraction of sp³-hybridized carbons (Fsp3) is 0.435. The molecule has 156 valence electrons. The molecule has 3 N–H and O–H groups in total. The zero-order valence-corrected chi connectivity index (χ0v) is 17.8. The number of primary amides is 1. The van der Waals surface area contributed by atoms with Gasteiger partial charge in [0.15, 0.2) is 11.5 Å². The number of carbonyl (C=O) groups is 1. The van der Waals surface area contributed by atoms with Crippen LogP contribution in [0.3, 0.4) is 0 Å². The van der Waals surface area contributed by atoms with E-state index >= 15 is 0 Å². The highest BCUT2D eigenvalue weighted by Crippen LogP contribution is 2.46. The molecule has 2 aromatic carbocycles. The zero-order valence-electron chi connectivity index (χ0n) is 17.8. The molecule has 3 rings (SSSR count). The van der Waals surface area contributed by atoms with E-state index in [1.807, 2.05) is 18.2 Å². The van der Waals surface area contributed by atoms with E-state index in [1.54, 1.807) is 21.3 Å². The summed E-state index contributed by atoms with van der Waals surface area (Å²) >= 11 is 0. The monoisotopic (exact) mass is 398 g/mol. The summed E-state index contributed by atoms with van der Waals surface area (Å²) in [4.78, 5) is 11.9. The lowest BCUT2D eigenvalue weighted by molar-refractivity contribution is 0.0999. The van der Waals surface area contributed by atoms with Gasteiger partial charge in [0.05, 0.1) is 27.4 Å². The number of hydrogen-bond acceptors (Lipinski definition) is 5. The molecule has 6 nitrogen and oxygen atoms in total. The summed E-state index contributed by atoms with van der Waals surface area (Å²) in [6.45, 7) is 4.98. The summed E-state index contributed by atoms with van der Waals surface area (Å²) in [6, 6.07) is 5.87. The number of methoxy groups -OCH3 is 3. The number of amides is 1. The van der Waals surface area contributed by atoms with Gasteiger partial charge in [-0.05, 0) is 53.6 Å². The molecule has 6 heteroatoms. The Morgan fingerprint density at radius 3 is 2.28 bits per heavy atom. The molecule has 0 fully saturated rings. The minimum atomic E-state index is -0.381. The first-order valence-electron chi connectivity index (χ1n) is 10.0. The standard InChI is InChI=1S/C23H30N2O4/c1-6-13-14(7-2)17(23(24)26)9-8-15(13)20-18-12-19(27-3)22(29-5)21(28-4)16(18)10-11-25-20/h8-9,12,20,25H,6-7,10-11H2,1-5H3,(H2,24,26). The minimum absolute atomic E-state index is 0.0327. The predicted octanol–water partition coefficient (Wildman–Crippen LogP) is 3.17. The molecule has 1 unspecified atom stereocenters. The second-order valence-corrected chi connectivity index (χ2v) is 7.08. The molecule has 0 bridgehead atoms. The van der Waals surface area contributed by atoms with E-state index in [0.29, 0.717) is 17.1 Å². The van der Waals surface area contributed by atoms with E-state index in [2.05, 4.69) is 19.2 Å². The van der Waals surface area contributed by atoms with Crippen molar-refractivity contribution in [1.29, 1.82) is 0 Å². The summed E-state index contributed by atoms with van der Waals surface area (Å²) in [5.41, 5.74) is 11.8. The van der Waals surface area contributed by atoms with E-state index < -0.39 is 0 Å². The van der Waals surface area contributed by atoms with Gasteiger partial charge in [0.25, 0.3) is 0 Å². The van der Waals surface area contributed by atoms with Gasteiger partial charge in [0.2, 0.25) is 11.7 Å². The van der Waals surface area contributed by atoms with Gasteiger partial charge in [-0.2, -0.15) is 0 Å². The molecule has 0 radical (unpaired) electrons. The molecule has 1 aliphatic rings. The molecule has 0 saturated carbocycles. The summed E-state index contributed by atoms with van der Waals surface area (Å²) < 4.78 is 16.9. The van der Waals surface area contributed by atoms with Gasteiger partial charge in [-0.15, -0.1) is 0 Å². The number of carbonyl (C=O) groups excluding carboxylic acids is 1. The van der Waals surface area contributed by atoms with Gasteiger partial charge < -0.3 is 25.3 Å². The second kappa shape index (κ2) is 8.74. The number of rotatable bonds is 7. The van der Waals surface area contributed by atoms with Crippen LogP contribution in [0.15, 0.2) is 18.2 Å². The highest BCUT2D eigenvalue weighted by Gasteiger charge is 2.30. The maximum atomic E-state index is 11.9. The van der Waals surface area contributed by atoms with Gasteiger partial charge in [0, 0.05) is 17.7 Å². The molecular weight excluding hydrogens is 368 g/mol. The first-order chi connectivity index (χ1) is 14.0. The smallest absolute Gasteiger partial charge is 0.248 e. The third-order valence-corrected chi connectivity index (χ3v) is 5.75. The summed E-state index contributed by atoms with van der Waals surface area (Å²) in [7, 11) is 4.91. The van der Waals surface area contributed by atoms with Crippen LogP contribution in [-0.2, 0) is 19.3 Å². The number of nitrogens with one attached hydrogen (secondary N) is 1. The van der Waals surface area contributed by atoms with Crippen molar-refractivity contribution in [1.82, 2.24) is 5.32 Å². The topological polar surface area (TPSA) is 82.8 Å². The van der Waals surface area contributed by atoms with Crippen LogP contribution >= 0.6 is 0 Å². The quantitative estimate of drug-likeness (QED) is 0.749. The lowest BCUT2D eigenvalue weighted by Crippen LogP contribution is -2.32. The Morgan fingerprint density at radius 1 is 1.03 bits per heavy atom. The molecule has 1 atom stereocenters. The predicted molar refractivity (Wildman–Crippen MR) is 113 cm³/mol. The highest BCUT2D eigenvalue weighted by molar-refractivity contribution is 5.95. The van der Waals surface area contributed by atoms with Crippen molar-refractivity contribution in [3.63, 3.8) is 0 Å². The van der Waals surface area contributed by atoms with E-state index in [4.69, 9.17) is 19.9 Å². The van der Waals surface area contributed by atoms with Gasteiger partial charge in [-0.1, -0.05) is 19.9 Å². The Labute approximate surface area is 172 Å². The Morgan fingerprint density at radius 2 is 1.72 bits per heavy atom. The van der Waals surface area contributed by atoms with Crippen LogP contribution in [0.1, 0.15) is 58.1 Å². The van der Waals surface area contributed by atoms with Gasteiger partial charge >= 0.3 is 0 Å². The SMILES string of the molecule is CCc1c(C(N)=O)ccc(C2NCCc3c2cc(OC)c(OC)c3OC)c1CC. The molecule has 0 saturated heterocycles. The number of fused-ring (bicyclic) bond motifs is 1. The van der Waals surface area contributed by atoms with E-state index in [0.717, 1.165) is 53.8 Å². The molecule has 29 heavy (non-hydrogen) atoms. The maximum Gasteiger partial charge on any atom is 0.248 e. The fourth-order valence-corrected chi connectivity index (χ4v) is 4.51. The summed E-state index contributed by atoms with van der Waals surface area (Å²) in [6.07, 6.45) is 2.40. The van der Waals surface area contributed by atoms with Gasteiger partial charge in [-0.25, -0.2) is 0 Å². The molecular formula is C23H30N2O4. The van der Waals surface area contributed by atoms with Crippen molar-refractivity contribution in [3.8, 4) is 17.2 Å². The fourth-order valence-electron chi connectivity index (χ4n) is 4.51. The number of nitrogens with two attached hydrogens (primary N) is 1. The lowest BCUT2D eigenvalue weighted by atomic mass is 9.83. The van der Waals surface area contributed by atoms with Crippen molar-refractivity contribution >= 4 is 5.91 Å². The average Bonchev–Trinajstić information content (AvgIpc) is 2.75. The Bertz CT molecular complexity index is 924. The van der Waals surface area contributed by atoms with Crippen LogP contribution in [-0.4, -0.2) is 33.8 Å². The van der Waals surface area contributed by atoms with Crippen molar-refractivity contribution in [2.45, 2.75) is 39.2 Å². The summed E-state index contributed by atoms with van der Waals surface area (Å²) in [5.74, 6) is 1.59. The molecule has 0 aliphatic carbocycles. The number of ether oxygens (including phenoxy) is 3. The van der Waals surface area contributed by atoms with E-state index in [1.165, 1.54) is 5.56 Å². The highest BCUT2D eigenvalue weighted by atomic mass is 16.5. The molecule has 2 aromatic rings. The number of hydrogen-bond donors (Lipinski definition) is 2. The van der Waals surface area contributed by atoms with Crippen LogP contribution in [0, 0.1) is 0 Å². The normalized spacial score (nSPS) is 15.6. The first-order valence-corrected chi connectivity index (χ1v) is 10.0. The van der Waals surface area contributed by atoms with E-state index in [9.17, 15) is 4.79 Å². The maximum absolute atomic E-state index is 11.9. The van der Waals surface area contributed by atoms with Crippen molar-refractivity contribution in [2.75, 3.05) is 27.9 Å². The Kier molecular flexibility index (Phi) is 6.33. The minimum Gasteiger partial charge on any atom is -0.493 e. The Hall–Kier alpha value is -2.73. The van der Waals surface area contributed by atoms with Crippen molar-refractivity contribution in [2.24, 2.45) is 5.73 Å². The van der Waals surface area contributed by atoms with Gasteiger partial charge in [-0.3, -0.25) is 4.79 Å². The van der Waals surface area contributed by atoms with Crippen molar-refractivity contribution < 1.29 is 19.0 Å². The van der Waals surface area contributed by atoms with Crippen LogP contribution in [0.2, 0.25) is 0 Å². The average molecular weight is 399 g/mol. The molecule has 0 spiro atoms. The first kappa shape index (κ1) is 21.0. The van der Waals surface area contributed by atoms with E-state index in [-0.39, 0.29) is 11.9 Å². The molecule has 1 amide bonds. The zero-order chi connectivity index (χ0) is 21.1. The molecule has 0 aromatic heterocycles. The third-order valence-electron chi connectivity index (χ3n) is 5.75. The summed E-state index contributed by atoms with van der Waals surface area (Å²) in [5, 5.41) is 3.64. The molecule has 1 heterocycles. The molecule has 1 aliphatic heterocycles. The van der Waals surface area contributed by atoms with Crippen LogP contribution in [0.25, 0.3) is 0 Å².